The quantitative estimate of drug-likeness (QED) is 0.389. The lowest BCUT2D eigenvalue weighted by Gasteiger charge is -2.20. The molecule has 0 spiro atoms. The molecule has 3 heteroatoms. The van der Waals surface area contributed by atoms with Gasteiger partial charge in [-0.1, -0.05) is 49.8 Å². The molecule has 0 amide bonds. The fraction of sp³-hybridized carbons (Fsp3) is 0.455. The molecule has 0 aliphatic carbocycles. The number of allylic oxidation sites excluding steroid dienone is 9. The van der Waals surface area contributed by atoms with E-state index in [9.17, 15) is 4.79 Å². The van der Waals surface area contributed by atoms with E-state index in [1.54, 1.807) is 6.92 Å². The monoisotopic (exact) mass is 340 g/mol. The molecule has 1 aliphatic heterocycles. The fourth-order valence-corrected chi connectivity index (χ4v) is 3.11. The first-order chi connectivity index (χ1) is 11.6. The SMILES string of the molecule is C=C(/C=C(/C)C/C(=C\C(C)C)C1C=NC(C)=CC1)C(C(C)=O)=C(C)N. The molecule has 0 saturated heterocycles. The molecule has 25 heavy (non-hydrogen) atoms. The molecule has 0 aromatic carbocycles. The first kappa shape index (κ1) is 20.9. The summed E-state index contributed by atoms with van der Waals surface area (Å²) in [5, 5.41) is 0. The lowest BCUT2D eigenvalue weighted by atomic mass is 9.87. The maximum Gasteiger partial charge on any atom is 0.162 e. The molecule has 1 heterocycles. The molecule has 0 fully saturated rings. The van der Waals surface area contributed by atoms with Crippen LogP contribution >= 0.6 is 0 Å². The van der Waals surface area contributed by atoms with Crippen LogP contribution in [0, 0.1) is 11.8 Å². The number of hydrogen-bond donors (Lipinski definition) is 1. The van der Waals surface area contributed by atoms with Crippen molar-refractivity contribution in [2.45, 2.75) is 54.4 Å². The first-order valence-electron chi connectivity index (χ1n) is 8.87. The molecule has 1 unspecified atom stereocenters. The third-order valence-corrected chi connectivity index (χ3v) is 4.12. The van der Waals surface area contributed by atoms with Crippen molar-refractivity contribution in [3.8, 4) is 0 Å². The highest BCUT2D eigenvalue weighted by molar-refractivity contribution is 5.99. The molecule has 0 saturated carbocycles. The highest BCUT2D eigenvalue weighted by Crippen LogP contribution is 2.27. The summed E-state index contributed by atoms with van der Waals surface area (Å²) < 4.78 is 0. The molecule has 0 aromatic heterocycles. The summed E-state index contributed by atoms with van der Waals surface area (Å²) in [5.74, 6) is 0.763. The van der Waals surface area contributed by atoms with E-state index < -0.39 is 0 Å². The van der Waals surface area contributed by atoms with Crippen molar-refractivity contribution in [2.24, 2.45) is 22.6 Å². The first-order valence-corrected chi connectivity index (χ1v) is 8.87. The Hall–Kier alpha value is -2.16. The summed E-state index contributed by atoms with van der Waals surface area (Å²) in [5.41, 5.74) is 11.2. The number of ketones is 1. The molecule has 136 valence electrons. The Morgan fingerprint density at radius 3 is 2.48 bits per heavy atom. The van der Waals surface area contributed by atoms with Crippen LogP contribution in [0.4, 0.5) is 0 Å². The number of carbonyl (C=O) groups excluding carboxylic acids is 1. The minimum atomic E-state index is -0.0491. The summed E-state index contributed by atoms with van der Waals surface area (Å²) in [7, 11) is 0. The van der Waals surface area contributed by atoms with Crippen molar-refractivity contribution in [2.75, 3.05) is 0 Å². The summed E-state index contributed by atoms with van der Waals surface area (Å²) in [6.45, 7) is 15.8. The molecule has 3 nitrogen and oxygen atoms in total. The second-order valence-corrected chi connectivity index (χ2v) is 7.26. The maximum atomic E-state index is 11.8. The Kier molecular flexibility index (Phi) is 7.82. The number of hydrogen-bond acceptors (Lipinski definition) is 3. The van der Waals surface area contributed by atoms with Gasteiger partial charge in [0.2, 0.25) is 0 Å². The number of nitrogens with zero attached hydrogens (tertiary/aromatic N) is 1. The average Bonchev–Trinajstić information content (AvgIpc) is 2.45. The molecule has 0 radical (unpaired) electrons. The van der Waals surface area contributed by atoms with E-state index in [2.05, 4.69) is 50.7 Å². The van der Waals surface area contributed by atoms with Gasteiger partial charge >= 0.3 is 0 Å². The molecule has 0 aromatic rings. The Morgan fingerprint density at radius 2 is 2.04 bits per heavy atom. The fourth-order valence-electron chi connectivity index (χ4n) is 3.11. The molecule has 1 aliphatic rings. The van der Waals surface area contributed by atoms with Crippen molar-refractivity contribution < 1.29 is 4.79 Å². The van der Waals surface area contributed by atoms with Gasteiger partial charge < -0.3 is 5.73 Å². The number of carbonyl (C=O) groups is 1. The Balaban J connectivity index is 3.01. The highest BCUT2D eigenvalue weighted by atomic mass is 16.1. The predicted molar refractivity (Wildman–Crippen MR) is 108 cm³/mol. The zero-order valence-electron chi connectivity index (χ0n) is 16.5. The van der Waals surface area contributed by atoms with Crippen LogP contribution < -0.4 is 5.73 Å². The third kappa shape index (κ3) is 6.69. The van der Waals surface area contributed by atoms with Gasteiger partial charge in [0.25, 0.3) is 0 Å². The predicted octanol–water partition coefficient (Wildman–Crippen LogP) is 5.28. The lowest BCUT2D eigenvalue weighted by molar-refractivity contribution is -0.113. The largest absolute Gasteiger partial charge is 0.402 e. The van der Waals surface area contributed by atoms with Crippen LogP contribution in [0.1, 0.15) is 54.4 Å². The normalized spacial score (nSPS) is 19.6. The van der Waals surface area contributed by atoms with Crippen molar-refractivity contribution in [1.82, 2.24) is 0 Å². The Morgan fingerprint density at radius 1 is 1.40 bits per heavy atom. The summed E-state index contributed by atoms with van der Waals surface area (Å²) >= 11 is 0. The number of nitrogens with two attached hydrogens (primary N) is 1. The topological polar surface area (TPSA) is 55.5 Å². The molecular weight excluding hydrogens is 308 g/mol. The van der Waals surface area contributed by atoms with Gasteiger partial charge in [0.1, 0.15) is 0 Å². The Labute approximate surface area is 152 Å². The van der Waals surface area contributed by atoms with E-state index in [1.807, 2.05) is 13.0 Å². The molecule has 1 atom stereocenters. The van der Waals surface area contributed by atoms with Crippen LogP contribution in [-0.4, -0.2) is 12.0 Å². The lowest BCUT2D eigenvalue weighted by Crippen LogP contribution is -2.10. The molecule has 2 N–H and O–H groups in total. The molecular formula is C22H32N2O. The Bertz CT molecular complexity index is 681. The number of aliphatic imine (C=N–C) groups is 1. The van der Waals surface area contributed by atoms with E-state index in [-0.39, 0.29) is 5.78 Å². The van der Waals surface area contributed by atoms with Crippen LogP contribution in [0.25, 0.3) is 0 Å². The van der Waals surface area contributed by atoms with Crippen LogP contribution in [-0.2, 0) is 4.79 Å². The number of Topliss-reactive ketones (excluding diaryl/α,β-unsaturated/α-hetero) is 1. The van der Waals surface area contributed by atoms with Crippen molar-refractivity contribution >= 4 is 12.0 Å². The van der Waals surface area contributed by atoms with E-state index in [0.717, 1.165) is 24.1 Å². The zero-order chi connectivity index (χ0) is 19.1. The van der Waals surface area contributed by atoms with Crippen LogP contribution in [0.2, 0.25) is 0 Å². The van der Waals surface area contributed by atoms with Gasteiger partial charge in [-0.3, -0.25) is 9.79 Å². The zero-order valence-corrected chi connectivity index (χ0v) is 16.5. The van der Waals surface area contributed by atoms with Gasteiger partial charge in [0.05, 0.1) is 0 Å². The standard InChI is InChI=1S/C22H32N2O/c1-14(2)10-21(20-9-8-17(5)24-13-20)12-15(3)11-16(4)22(18(6)23)19(7)25/h8,10-11,13-14,20H,4,9,12,23H2,1-3,5-7H3/b15-11-,21-10+,22-18?. The molecule has 0 bridgehead atoms. The van der Waals surface area contributed by atoms with Gasteiger partial charge in [-0.05, 0) is 52.0 Å². The van der Waals surface area contributed by atoms with E-state index >= 15 is 0 Å². The average molecular weight is 341 g/mol. The molecule has 1 rings (SSSR count). The van der Waals surface area contributed by atoms with Crippen LogP contribution in [0.5, 0.6) is 0 Å². The minimum absolute atomic E-state index is 0.0491. The van der Waals surface area contributed by atoms with E-state index in [1.165, 1.54) is 12.5 Å². The van der Waals surface area contributed by atoms with Crippen molar-refractivity contribution in [3.63, 3.8) is 0 Å². The van der Waals surface area contributed by atoms with Gasteiger partial charge in [-0.15, -0.1) is 0 Å². The van der Waals surface area contributed by atoms with Gasteiger partial charge in [-0.25, -0.2) is 0 Å². The van der Waals surface area contributed by atoms with E-state index in [4.69, 9.17) is 5.73 Å². The maximum absolute atomic E-state index is 11.8. The third-order valence-electron chi connectivity index (χ3n) is 4.12. The van der Waals surface area contributed by atoms with Gasteiger partial charge in [-0.2, -0.15) is 0 Å². The van der Waals surface area contributed by atoms with Gasteiger partial charge in [0.15, 0.2) is 5.78 Å². The van der Waals surface area contributed by atoms with Crippen molar-refractivity contribution in [1.29, 1.82) is 0 Å². The van der Waals surface area contributed by atoms with Crippen LogP contribution in [0.3, 0.4) is 0 Å². The minimum Gasteiger partial charge on any atom is -0.402 e. The summed E-state index contributed by atoms with van der Waals surface area (Å²) in [4.78, 5) is 16.3. The van der Waals surface area contributed by atoms with Gasteiger partial charge in [0, 0.05) is 29.1 Å². The summed E-state index contributed by atoms with van der Waals surface area (Å²) in [6, 6.07) is 0. The highest BCUT2D eigenvalue weighted by Gasteiger charge is 2.16. The van der Waals surface area contributed by atoms with Crippen LogP contribution in [0.15, 0.2) is 63.5 Å². The second kappa shape index (κ2) is 9.36. The smallest absolute Gasteiger partial charge is 0.162 e. The summed E-state index contributed by atoms with van der Waals surface area (Å²) in [6.07, 6.45) is 10.4. The van der Waals surface area contributed by atoms with E-state index in [0.29, 0.717) is 28.7 Å². The van der Waals surface area contributed by atoms with Crippen molar-refractivity contribution in [3.05, 3.63) is 58.5 Å². The second-order valence-electron chi connectivity index (χ2n) is 7.26. The number of rotatable bonds is 7.